The molecule has 5 heteroatoms. The van der Waals surface area contributed by atoms with Crippen molar-refractivity contribution in [3.63, 3.8) is 0 Å². The predicted molar refractivity (Wildman–Crippen MR) is 99.0 cm³/mol. The van der Waals surface area contributed by atoms with Crippen LogP contribution in [-0.2, 0) is 11.3 Å². The van der Waals surface area contributed by atoms with E-state index < -0.39 is 0 Å². The molecule has 0 unspecified atom stereocenters. The lowest BCUT2D eigenvalue weighted by atomic mass is 9.97. The quantitative estimate of drug-likeness (QED) is 0.907. The molecule has 1 N–H and O–H groups in total. The average Bonchev–Trinajstić information content (AvgIpc) is 2.89. The molecule has 0 saturated carbocycles. The second-order valence-corrected chi connectivity index (χ2v) is 7.00. The lowest BCUT2D eigenvalue weighted by molar-refractivity contribution is 0.0651. The number of aromatic nitrogens is 1. The van der Waals surface area contributed by atoms with E-state index in [0.717, 1.165) is 48.9 Å². The first-order valence-electron chi connectivity index (χ1n) is 9.05. The Morgan fingerprint density at radius 1 is 1.28 bits per heavy atom. The van der Waals surface area contributed by atoms with Gasteiger partial charge in [0.15, 0.2) is 0 Å². The molecule has 1 amide bonds. The van der Waals surface area contributed by atoms with Crippen molar-refractivity contribution < 1.29 is 14.6 Å². The Bertz CT molecular complexity index is 758. The van der Waals surface area contributed by atoms with Gasteiger partial charge in [-0.25, -0.2) is 0 Å². The minimum absolute atomic E-state index is 0.0972. The Balaban J connectivity index is 1.86. The summed E-state index contributed by atoms with van der Waals surface area (Å²) in [5.41, 5.74) is 4.35. The second kappa shape index (κ2) is 7.58. The molecule has 1 fully saturated rings. The second-order valence-electron chi connectivity index (χ2n) is 7.00. The first-order chi connectivity index (χ1) is 12.1. The maximum Gasteiger partial charge on any atom is 0.253 e. The van der Waals surface area contributed by atoms with Crippen LogP contribution in [0.3, 0.4) is 0 Å². The zero-order valence-corrected chi connectivity index (χ0v) is 15.4. The number of methoxy groups -OCH3 is 1. The number of nitrogens with zero attached hydrogens (tertiary/aromatic N) is 2. The van der Waals surface area contributed by atoms with Gasteiger partial charge >= 0.3 is 0 Å². The zero-order valence-electron chi connectivity index (χ0n) is 15.4. The number of piperidine rings is 1. The van der Waals surface area contributed by atoms with Gasteiger partial charge in [-0.05, 0) is 56.4 Å². The number of aryl methyl sites for hydroxylation is 1. The number of fused-ring (bicyclic) bond motifs is 1. The molecule has 0 spiro atoms. The van der Waals surface area contributed by atoms with Gasteiger partial charge in [0.1, 0.15) is 0 Å². The van der Waals surface area contributed by atoms with Gasteiger partial charge in [-0.15, -0.1) is 0 Å². The van der Waals surface area contributed by atoms with Crippen molar-refractivity contribution in [3.05, 3.63) is 35.0 Å². The summed E-state index contributed by atoms with van der Waals surface area (Å²) in [6, 6.07) is 6.02. The lowest BCUT2D eigenvalue weighted by Gasteiger charge is -2.31. The van der Waals surface area contributed by atoms with Crippen LogP contribution >= 0.6 is 0 Å². The number of likely N-dealkylation sites (tertiary alicyclic amines) is 1. The fourth-order valence-corrected chi connectivity index (χ4v) is 3.75. The Morgan fingerprint density at radius 2 is 2.00 bits per heavy atom. The van der Waals surface area contributed by atoms with Crippen LogP contribution < -0.4 is 0 Å². The number of aliphatic hydroxyl groups is 1. The van der Waals surface area contributed by atoms with Crippen molar-refractivity contribution in [2.45, 2.75) is 33.2 Å². The van der Waals surface area contributed by atoms with E-state index in [2.05, 4.69) is 24.5 Å². The van der Waals surface area contributed by atoms with Crippen molar-refractivity contribution in [2.24, 2.45) is 5.92 Å². The Morgan fingerprint density at radius 3 is 2.64 bits per heavy atom. The smallest absolute Gasteiger partial charge is 0.253 e. The largest absolute Gasteiger partial charge is 0.396 e. The molecule has 2 aromatic rings. The first-order valence-corrected chi connectivity index (χ1v) is 9.05. The highest BCUT2D eigenvalue weighted by Gasteiger charge is 2.24. The summed E-state index contributed by atoms with van der Waals surface area (Å²) in [5, 5.41) is 10.4. The third-order valence-electron chi connectivity index (χ3n) is 5.56. The third kappa shape index (κ3) is 3.44. The van der Waals surface area contributed by atoms with Crippen molar-refractivity contribution >= 4 is 16.8 Å². The van der Waals surface area contributed by atoms with Crippen LogP contribution in [0.15, 0.2) is 18.2 Å². The Kier molecular flexibility index (Phi) is 5.45. The van der Waals surface area contributed by atoms with Gasteiger partial charge in [0.05, 0.1) is 6.61 Å². The van der Waals surface area contributed by atoms with Crippen LogP contribution in [0.1, 0.15) is 34.5 Å². The summed E-state index contributed by atoms with van der Waals surface area (Å²) >= 11 is 0. The summed E-state index contributed by atoms with van der Waals surface area (Å²) < 4.78 is 7.48. The molecule has 136 valence electrons. The molecule has 0 atom stereocenters. The Hall–Kier alpha value is -1.85. The summed E-state index contributed by atoms with van der Waals surface area (Å²) in [4.78, 5) is 14.8. The van der Waals surface area contributed by atoms with Gasteiger partial charge in [0, 0.05) is 55.5 Å². The number of benzene rings is 1. The standard InChI is InChI=1S/C20H28N2O3/c1-14-15(2)22(10-11-25-3)19-5-4-17(12-18(14)19)20(24)21-8-6-16(13-23)7-9-21/h4-5,12,16,23H,6-11,13H2,1-3H3. The molecule has 1 aromatic heterocycles. The number of carbonyl (C=O) groups is 1. The average molecular weight is 344 g/mol. The zero-order chi connectivity index (χ0) is 18.0. The van der Waals surface area contributed by atoms with E-state index in [4.69, 9.17) is 4.74 Å². The van der Waals surface area contributed by atoms with Crippen LogP contribution in [-0.4, -0.2) is 53.9 Å². The van der Waals surface area contributed by atoms with E-state index >= 15 is 0 Å². The molecule has 5 nitrogen and oxygen atoms in total. The van der Waals surface area contributed by atoms with E-state index in [1.807, 2.05) is 17.0 Å². The highest BCUT2D eigenvalue weighted by Crippen LogP contribution is 2.27. The molecule has 2 heterocycles. The maximum absolute atomic E-state index is 12.9. The number of carbonyl (C=O) groups excluding carboxylic acids is 1. The predicted octanol–water partition coefficient (Wildman–Crippen LogP) is 2.75. The highest BCUT2D eigenvalue weighted by atomic mass is 16.5. The molecule has 3 rings (SSSR count). The van der Waals surface area contributed by atoms with Gasteiger partial charge in [0.2, 0.25) is 0 Å². The molecular weight excluding hydrogens is 316 g/mol. The molecule has 0 radical (unpaired) electrons. The van der Waals surface area contributed by atoms with Crippen LogP contribution in [0.2, 0.25) is 0 Å². The third-order valence-corrected chi connectivity index (χ3v) is 5.56. The Labute approximate surface area is 149 Å². The van der Waals surface area contributed by atoms with Gasteiger partial charge < -0.3 is 19.3 Å². The van der Waals surface area contributed by atoms with E-state index in [1.54, 1.807) is 7.11 Å². The first kappa shape index (κ1) is 18.0. The molecule has 1 aromatic carbocycles. The molecule has 0 aliphatic carbocycles. The van der Waals surface area contributed by atoms with E-state index in [0.29, 0.717) is 12.5 Å². The molecule has 25 heavy (non-hydrogen) atoms. The minimum atomic E-state index is 0.0972. The number of hydrogen-bond donors (Lipinski definition) is 1. The summed E-state index contributed by atoms with van der Waals surface area (Å²) in [7, 11) is 1.71. The summed E-state index contributed by atoms with van der Waals surface area (Å²) in [6.45, 7) is 7.40. The SMILES string of the molecule is COCCn1c(C)c(C)c2cc(C(=O)N3CCC(CO)CC3)ccc21. The topological polar surface area (TPSA) is 54.7 Å². The molecule has 1 saturated heterocycles. The number of hydrogen-bond acceptors (Lipinski definition) is 3. The van der Waals surface area contributed by atoms with Gasteiger partial charge in [-0.3, -0.25) is 4.79 Å². The minimum Gasteiger partial charge on any atom is -0.396 e. The fourth-order valence-electron chi connectivity index (χ4n) is 3.75. The number of rotatable bonds is 5. The number of aliphatic hydroxyl groups excluding tert-OH is 1. The van der Waals surface area contributed by atoms with Gasteiger partial charge in [-0.2, -0.15) is 0 Å². The highest BCUT2D eigenvalue weighted by molar-refractivity contribution is 5.99. The summed E-state index contributed by atoms with van der Waals surface area (Å²) in [6.07, 6.45) is 1.77. The molecule has 1 aliphatic heterocycles. The molecule has 1 aliphatic rings. The molecule has 0 bridgehead atoms. The van der Waals surface area contributed by atoms with E-state index in [-0.39, 0.29) is 12.5 Å². The lowest BCUT2D eigenvalue weighted by Crippen LogP contribution is -2.39. The van der Waals surface area contributed by atoms with Crippen LogP contribution in [0.25, 0.3) is 10.9 Å². The van der Waals surface area contributed by atoms with Crippen molar-refractivity contribution in [1.82, 2.24) is 9.47 Å². The normalized spacial score (nSPS) is 15.9. The van der Waals surface area contributed by atoms with Gasteiger partial charge in [-0.1, -0.05) is 0 Å². The van der Waals surface area contributed by atoms with E-state index in [1.165, 1.54) is 11.3 Å². The number of ether oxygens (including phenoxy) is 1. The van der Waals surface area contributed by atoms with Crippen LogP contribution in [0.4, 0.5) is 0 Å². The summed E-state index contributed by atoms with van der Waals surface area (Å²) in [5.74, 6) is 0.436. The van der Waals surface area contributed by atoms with Crippen LogP contribution in [0.5, 0.6) is 0 Å². The number of amides is 1. The van der Waals surface area contributed by atoms with Crippen molar-refractivity contribution in [2.75, 3.05) is 33.4 Å². The van der Waals surface area contributed by atoms with E-state index in [9.17, 15) is 9.90 Å². The monoisotopic (exact) mass is 344 g/mol. The fraction of sp³-hybridized carbons (Fsp3) is 0.550. The van der Waals surface area contributed by atoms with Gasteiger partial charge in [0.25, 0.3) is 5.91 Å². The van der Waals surface area contributed by atoms with Crippen molar-refractivity contribution in [1.29, 1.82) is 0 Å². The maximum atomic E-state index is 12.9. The van der Waals surface area contributed by atoms with Crippen molar-refractivity contribution in [3.8, 4) is 0 Å². The molecular formula is C20H28N2O3. The van der Waals surface area contributed by atoms with Crippen LogP contribution in [0, 0.1) is 19.8 Å².